The summed E-state index contributed by atoms with van der Waals surface area (Å²) in [5.41, 5.74) is 1.87. The lowest BCUT2D eigenvalue weighted by molar-refractivity contribution is -0.422. The van der Waals surface area contributed by atoms with Gasteiger partial charge in [0.25, 0.3) is 0 Å². The fourth-order valence-electron chi connectivity index (χ4n) is 4.47. The third-order valence-corrected chi connectivity index (χ3v) is 5.88. The molecule has 2 atom stereocenters. The summed E-state index contributed by atoms with van der Waals surface area (Å²) in [4.78, 5) is 26.1. The normalized spacial score (nSPS) is 19.9. The molecule has 30 heavy (non-hydrogen) atoms. The predicted octanol–water partition coefficient (Wildman–Crippen LogP) is 4.40. The summed E-state index contributed by atoms with van der Waals surface area (Å²) in [6.07, 6.45) is 4.12. The number of ether oxygens (including phenoxy) is 2. The Balaban J connectivity index is 1.92. The highest BCUT2D eigenvalue weighted by Gasteiger charge is 2.35. The second-order valence-corrected chi connectivity index (χ2v) is 7.45. The number of rotatable bonds is 5. The van der Waals surface area contributed by atoms with Gasteiger partial charge < -0.3 is 9.47 Å². The zero-order valence-electron chi connectivity index (χ0n) is 16.7. The summed E-state index contributed by atoms with van der Waals surface area (Å²) in [6, 6.07) is 7.79. The van der Waals surface area contributed by atoms with Gasteiger partial charge in [-0.05, 0) is 36.6 Å². The maximum absolute atomic E-state index is 11.4. The molecule has 1 fully saturated rings. The lowest BCUT2D eigenvalue weighted by Gasteiger charge is -2.35. The van der Waals surface area contributed by atoms with Crippen molar-refractivity contribution in [1.82, 2.24) is 0 Å². The highest BCUT2D eigenvalue weighted by Crippen LogP contribution is 2.45. The summed E-state index contributed by atoms with van der Waals surface area (Å²) < 4.78 is 10.9. The van der Waals surface area contributed by atoms with E-state index in [1.807, 2.05) is 12.1 Å². The van der Waals surface area contributed by atoms with E-state index in [4.69, 9.17) is 14.5 Å². The van der Waals surface area contributed by atoms with Crippen molar-refractivity contribution in [2.75, 3.05) is 14.2 Å². The molecule has 156 valence electrons. The van der Waals surface area contributed by atoms with Gasteiger partial charge in [0.2, 0.25) is 0 Å². The molecule has 0 radical (unpaired) electrons. The number of nitro benzene ring substituents is 2. The van der Waals surface area contributed by atoms with E-state index < -0.39 is 21.2 Å². The molecule has 1 aliphatic carbocycles. The first kappa shape index (κ1) is 19.8. The van der Waals surface area contributed by atoms with Crippen LogP contribution in [0.1, 0.15) is 48.3 Å². The van der Waals surface area contributed by atoms with E-state index in [9.17, 15) is 20.2 Å². The summed E-state index contributed by atoms with van der Waals surface area (Å²) in [5.74, 6) is 1.40. The van der Waals surface area contributed by atoms with Crippen LogP contribution in [0.5, 0.6) is 11.5 Å². The minimum Gasteiger partial charge on any atom is -0.493 e. The first-order valence-corrected chi connectivity index (χ1v) is 9.72. The van der Waals surface area contributed by atoms with Gasteiger partial charge in [0.1, 0.15) is 0 Å². The van der Waals surface area contributed by atoms with Crippen molar-refractivity contribution in [1.29, 1.82) is 0 Å². The largest absolute Gasteiger partial charge is 0.493 e. The van der Waals surface area contributed by atoms with Gasteiger partial charge in [-0.1, -0.05) is 12.8 Å². The van der Waals surface area contributed by atoms with Gasteiger partial charge in [-0.15, -0.1) is 0 Å². The van der Waals surface area contributed by atoms with Crippen LogP contribution >= 0.6 is 0 Å². The van der Waals surface area contributed by atoms with Gasteiger partial charge in [0.15, 0.2) is 11.5 Å². The lowest BCUT2D eigenvalue weighted by Crippen LogP contribution is -2.29. The second-order valence-electron chi connectivity index (χ2n) is 7.45. The van der Waals surface area contributed by atoms with Crippen LogP contribution in [-0.4, -0.2) is 35.8 Å². The number of nitro groups is 2. The molecule has 2 aromatic carbocycles. The Labute approximate surface area is 172 Å². The quantitative estimate of drug-likeness (QED) is 0.532. The van der Waals surface area contributed by atoms with Gasteiger partial charge in [0.05, 0.1) is 35.8 Å². The van der Waals surface area contributed by atoms with Gasteiger partial charge in [0, 0.05) is 29.2 Å². The number of aliphatic imine (C=N–C) groups is 1. The van der Waals surface area contributed by atoms with Crippen molar-refractivity contribution in [2.45, 2.75) is 37.6 Å². The molecular formula is C21H21N3O6. The molecule has 2 aromatic rings. The smallest absolute Gasteiger partial charge is 0.346 e. The highest BCUT2D eigenvalue weighted by molar-refractivity contribution is 6.15. The molecule has 0 aromatic heterocycles. The predicted molar refractivity (Wildman–Crippen MR) is 110 cm³/mol. The number of benzene rings is 2. The van der Waals surface area contributed by atoms with E-state index in [-0.39, 0.29) is 12.0 Å². The van der Waals surface area contributed by atoms with Crippen LogP contribution in [0.3, 0.4) is 0 Å². The highest BCUT2D eigenvalue weighted by atomic mass is 16.6. The Morgan fingerprint density at radius 2 is 1.60 bits per heavy atom. The Hall–Kier alpha value is -3.49. The molecule has 0 amide bonds. The van der Waals surface area contributed by atoms with Crippen molar-refractivity contribution in [3.8, 4) is 11.5 Å². The zero-order chi connectivity index (χ0) is 21.4. The topological polar surface area (TPSA) is 117 Å². The Morgan fingerprint density at radius 3 is 2.27 bits per heavy atom. The molecule has 9 heteroatoms. The van der Waals surface area contributed by atoms with E-state index in [1.165, 1.54) is 18.2 Å². The first-order chi connectivity index (χ1) is 14.4. The third kappa shape index (κ3) is 3.26. The van der Waals surface area contributed by atoms with Gasteiger partial charge in [-0.3, -0.25) is 25.2 Å². The maximum Gasteiger partial charge on any atom is 0.346 e. The molecule has 1 aliphatic heterocycles. The Morgan fingerprint density at radius 1 is 0.933 bits per heavy atom. The van der Waals surface area contributed by atoms with E-state index >= 15 is 0 Å². The number of nitrogens with zero attached hydrogens (tertiary/aromatic N) is 3. The number of hydrogen-bond donors (Lipinski definition) is 0. The molecule has 4 rings (SSSR count). The number of methoxy groups -OCH3 is 2. The van der Waals surface area contributed by atoms with Crippen LogP contribution in [0.4, 0.5) is 11.4 Å². The fourth-order valence-corrected chi connectivity index (χ4v) is 4.47. The van der Waals surface area contributed by atoms with Crippen LogP contribution < -0.4 is 9.47 Å². The molecule has 0 bridgehead atoms. The zero-order valence-corrected chi connectivity index (χ0v) is 16.7. The summed E-state index contributed by atoms with van der Waals surface area (Å²) in [6.45, 7) is 0. The van der Waals surface area contributed by atoms with Crippen molar-refractivity contribution in [3.63, 3.8) is 0 Å². The van der Waals surface area contributed by atoms with Gasteiger partial charge in [-0.25, -0.2) is 0 Å². The molecule has 0 N–H and O–H groups in total. The standard InChI is InChI=1S/C21H21N3O6/c1-29-19-10-14-13-5-3-4-6-16(13)22-21(15(14)11-20(19)30-2)12-7-8-17(23(25)26)18(9-12)24(27)28/h7-11,13,16H,3-6H2,1-2H3/t13-,16-/m0/s1. The average molecular weight is 411 g/mol. The van der Waals surface area contributed by atoms with Crippen molar-refractivity contribution in [2.24, 2.45) is 4.99 Å². The number of fused-ring (bicyclic) bond motifs is 3. The number of hydrogen-bond acceptors (Lipinski definition) is 7. The monoisotopic (exact) mass is 411 g/mol. The third-order valence-electron chi connectivity index (χ3n) is 5.88. The maximum atomic E-state index is 11.4. The molecule has 1 saturated carbocycles. The Kier molecular flexibility index (Phi) is 5.11. The van der Waals surface area contributed by atoms with Crippen LogP contribution in [0.15, 0.2) is 35.3 Å². The molecule has 0 unspecified atom stereocenters. The second kappa shape index (κ2) is 7.74. The molecular weight excluding hydrogens is 390 g/mol. The van der Waals surface area contributed by atoms with Crippen molar-refractivity contribution in [3.05, 3.63) is 67.3 Å². The summed E-state index contributed by atoms with van der Waals surface area (Å²) >= 11 is 0. The fraction of sp³-hybridized carbons (Fsp3) is 0.381. The molecule has 2 aliphatic rings. The first-order valence-electron chi connectivity index (χ1n) is 9.72. The average Bonchev–Trinajstić information content (AvgIpc) is 2.76. The van der Waals surface area contributed by atoms with E-state index in [2.05, 4.69) is 0 Å². The van der Waals surface area contributed by atoms with Crippen molar-refractivity contribution >= 4 is 17.1 Å². The minimum atomic E-state index is -0.746. The SMILES string of the molecule is COc1cc2c(cc1OC)[C@@H]1CCCC[C@@H]1N=C2c1ccc([N+](=O)[O-])c([N+](=O)[O-])c1. The molecule has 0 saturated heterocycles. The summed E-state index contributed by atoms with van der Waals surface area (Å²) in [7, 11) is 3.13. The van der Waals surface area contributed by atoms with E-state index in [1.54, 1.807) is 14.2 Å². The Bertz CT molecular complexity index is 1060. The van der Waals surface area contributed by atoms with Gasteiger partial charge >= 0.3 is 11.4 Å². The van der Waals surface area contributed by atoms with E-state index in [0.717, 1.165) is 36.8 Å². The molecule has 1 heterocycles. The lowest BCUT2D eigenvalue weighted by atomic mass is 9.75. The minimum absolute atomic E-state index is 0.0635. The molecule has 0 spiro atoms. The summed E-state index contributed by atoms with van der Waals surface area (Å²) in [5, 5.41) is 22.6. The van der Waals surface area contributed by atoms with E-state index in [0.29, 0.717) is 22.8 Å². The van der Waals surface area contributed by atoms with Gasteiger partial charge in [-0.2, -0.15) is 0 Å². The van der Waals surface area contributed by atoms with Crippen LogP contribution in [0.2, 0.25) is 0 Å². The molecule has 9 nitrogen and oxygen atoms in total. The van der Waals surface area contributed by atoms with Crippen LogP contribution in [-0.2, 0) is 0 Å². The van der Waals surface area contributed by atoms with Crippen LogP contribution in [0.25, 0.3) is 0 Å². The van der Waals surface area contributed by atoms with Crippen molar-refractivity contribution < 1.29 is 19.3 Å². The van der Waals surface area contributed by atoms with Crippen LogP contribution in [0, 0.1) is 20.2 Å².